The Balaban J connectivity index is 1.71. The van der Waals surface area contributed by atoms with E-state index in [2.05, 4.69) is 30.4 Å². The van der Waals surface area contributed by atoms with Crippen LogP contribution in [-0.2, 0) is 4.74 Å². The third-order valence-electron chi connectivity index (χ3n) is 5.19. The highest BCUT2D eigenvalue weighted by atomic mass is 16.5. The molecule has 24 heavy (non-hydrogen) atoms. The maximum atomic E-state index is 12.8. The Kier molecular flexibility index (Phi) is 5.41. The van der Waals surface area contributed by atoms with Gasteiger partial charge in [0, 0.05) is 6.54 Å². The predicted octanol–water partition coefficient (Wildman–Crippen LogP) is 2.81. The minimum absolute atomic E-state index is 0.0432. The summed E-state index contributed by atoms with van der Waals surface area (Å²) in [6, 6.07) is 8.38. The van der Waals surface area contributed by atoms with Gasteiger partial charge in [-0.1, -0.05) is 31.2 Å². The summed E-state index contributed by atoms with van der Waals surface area (Å²) in [5.41, 5.74) is 2.58. The van der Waals surface area contributed by atoms with Crippen LogP contribution in [0.3, 0.4) is 0 Å². The van der Waals surface area contributed by atoms with E-state index in [4.69, 9.17) is 4.74 Å². The molecule has 5 heteroatoms. The third kappa shape index (κ3) is 3.73. The zero-order valence-corrected chi connectivity index (χ0v) is 14.6. The lowest BCUT2D eigenvalue weighted by atomic mass is 9.81. The number of benzene rings is 1. The lowest BCUT2D eigenvalue weighted by molar-refractivity contribution is -0.00494. The molecule has 132 valence electrons. The van der Waals surface area contributed by atoms with Crippen molar-refractivity contribution in [2.75, 3.05) is 19.8 Å². The van der Waals surface area contributed by atoms with Crippen molar-refractivity contribution in [3.63, 3.8) is 0 Å². The molecule has 2 N–H and O–H groups in total. The number of ether oxygens (including phenoxy) is 1. The number of nitrogens with zero attached hydrogens (tertiary/aromatic N) is 1. The Labute approximate surface area is 144 Å². The molecule has 1 aromatic rings. The molecule has 1 aromatic carbocycles. The first-order chi connectivity index (χ1) is 11.6. The molecule has 0 unspecified atom stereocenters. The van der Waals surface area contributed by atoms with Crippen molar-refractivity contribution in [2.24, 2.45) is 0 Å². The molecule has 0 bridgehead atoms. The number of carbonyl (C=O) groups is 1. The number of urea groups is 1. The number of nitrogens with one attached hydrogen (secondary N) is 1. The van der Waals surface area contributed by atoms with Crippen molar-refractivity contribution in [3.05, 3.63) is 35.4 Å². The van der Waals surface area contributed by atoms with E-state index < -0.39 is 6.10 Å². The highest BCUT2D eigenvalue weighted by Gasteiger charge is 2.31. The Hall–Kier alpha value is -1.59. The van der Waals surface area contributed by atoms with E-state index in [1.54, 1.807) is 6.92 Å². The van der Waals surface area contributed by atoms with Crippen LogP contribution in [0.2, 0.25) is 0 Å². The average molecular weight is 332 g/mol. The topological polar surface area (TPSA) is 61.8 Å². The molecule has 3 rings (SSSR count). The molecule has 2 aliphatic rings. The van der Waals surface area contributed by atoms with Gasteiger partial charge in [-0.15, -0.1) is 0 Å². The van der Waals surface area contributed by atoms with Gasteiger partial charge in [-0.25, -0.2) is 4.79 Å². The zero-order valence-electron chi connectivity index (χ0n) is 14.6. The van der Waals surface area contributed by atoms with E-state index >= 15 is 0 Å². The maximum absolute atomic E-state index is 12.8. The zero-order chi connectivity index (χ0) is 17.1. The van der Waals surface area contributed by atoms with Gasteiger partial charge in [-0.2, -0.15) is 0 Å². The van der Waals surface area contributed by atoms with Crippen LogP contribution < -0.4 is 5.32 Å². The van der Waals surface area contributed by atoms with Gasteiger partial charge in [0.1, 0.15) is 0 Å². The molecule has 5 nitrogen and oxygen atoms in total. The number of hydrogen-bond acceptors (Lipinski definition) is 3. The fourth-order valence-corrected chi connectivity index (χ4v) is 3.90. The number of hydrogen-bond donors (Lipinski definition) is 2. The van der Waals surface area contributed by atoms with Crippen LogP contribution in [0.1, 0.15) is 56.2 Å². The first kappa shape index (κ1) is 17.2. The Bertz CT molecular complexity index is 575. The molecule has 0 saturated carbocycles. The largest absolute Gasteiger partial charge is 0.393 e. The summed E-state index contributed by atoms with van der Waals surface area (Å²) in [5, 5.41) is 12.9. The standard InChI is InChI=1S/C19H28N2O3/c1-13-7-8-18(17-6-4-3-5-16(13)17)20-19(23)21-9-10-24-12-15(21)11-14(2)22/h3-6,13-15,18,22H,7-12H2,1-2H3,(H,20,23)/t13-,14+,15-,18+/m1/s1. The van der Waals surface area contributed by atoms with Crippen molar-refractivity contribution < 1.29 is 14.6 Å². The number of amides is 2. The SMILES string of the molecule is C[C@H](O)C[C@@H]1COCCN1C(=O)N[C@H]1CC[C@@H](C)c2ccccc21. The minimum atomic E-state index is -0.441. The molecule has 1 heterocycles. The van der Waals surface area contributed by atoms with Gasteiger partial charge in [0.05, 0.1) is 31.4 Å². The van der Waals surface area contributed by atoms with Gasteiger partial charge in [0.25, 0.3) is 0 Å². The molecule has 2 amide bonds. The molecule has 1 aliphatic carbocycles. The highest BCUT2D eigenvalue weighted by molar-refractivity contribution is 5.75. The summed E-state index contributed by atoms with van der Waals surface area (Å²) in [6.07, 6.45) is 2.16. The first-order valence-corrected chi connectivity index (χ1v) is 8.98. The van der Waals surface area contributed by atoms with E-state index in [-0.39, 0.29) is 18.1 Å². The lowest BCUT2D eigenvalue weighted by Gasteiger charge is -2.38. The van der Waals surface area contributed by atoms with Crippen molar-refractivity contribution in [1.82, 2.24) is 10.2 Å². The molecule has 0 radical (unpaired) electrons. The Morgan fingerprint density at radius 2 is 2.12 bits per heavy atom. The number of morpholine rings is 1. The van der Waals surface area contributed by atoms with Crippen LogP contribution in [0.25, 0.3) is 0 Å². The van der Waals surface area contributed by atoms with Crippen molar-refractivity contribution >= 4 is 6.03 Å². The molecule has 1 aliphatic heterocycles. The molecule has 1 saturated heterocycles. The number of aliphatic hydroxyl groups is 1. The summed E-state index contributed by atoms with van der Waals surface area (Å²) >= 11 is 0. The number of fused-ring (bicyclic) bond motifs is 1. The Morgan fingerprint density at radius 3 is 2.88 bits per heavy atom. The van der Waals surface area contributed by atoms with E-state index in [0.29, 0.717) is 32.1 Å². The van der Waals surface area contributed by atoms with Gasteiger partial charge < -0.3 is 20.1 Å². The third-order valence-corrected chi connectivity index (χ3v) is 5.19. The summed E-state index contributed by atoms with van der Waals surface area (Å²) < 4.78 is 5.49. The van der Waals surface area contributed by atoms with Gasteiger partial charge in [0.15, 0.2) is 0 Å². The molecule has 0 spiro atoms. The fraction of sp³-hybridized carbons (Fsp3) is 0.632. The fourth-order valence-electron chi connectivity index (χ4n) is 3.90. The van der Waals surface area contributed by atoms with Crippen molar-refractivity contribution in [1.29, 1.82) is 0 Å². The maximum Gasteiger partial charge on any atom is 0.318 e. The Morgan fingerprint density at radius 1 is 1.38 bits per heavy atom. The van der Waals surface area contributed by atoms with E-state index in [1.165, 1.54) is 11.1 Å². The monoisotopic (exact) mass is 332 g/mol. The number of aliphatic hydroxyl groups excluding tert-OH is 1. The van der Waals surface area contributed by atoms with Crippen LogP contribution in [0.15, 0.2) is 24.3 Å². The summed E-state index contributed by atoms with van der Waals surface area (Å²) in [6.45, 7) is 5.63. The van der Waals surface area contributed by atoms with Crippen LogP contribution in [0.5, 0.6) is 0 Å². The summed E-state index contributed by atoms with van der Waals surface area (Å²) in [5.74, 6) is 0.542. The highest BCUT2D eigenvalue weighted by Crippen LogP contribution is 2.37. The first-order valence-electron chi connectivity index (χ1n) is 8.98. The lowest BCUT2D eigenvalue weighted by Crippen LogP contribution is -2.54. The molecular weight excluding hydrogens is 304 g/mol. The predicted molar refractivity (Wildman–Crippen MR) is 93.0 cm³/mol. The van der Waals surface area contributed by atoms with Crippen LogP contribution in [-0.4, -0.2) is 47.9 Å². The van der Waals surface area contributed by atoms with Crippen molar-refractivity contribution in [3.8, 4) is 0 Å². The average Bonchev–Trinajstić information content (AvgIpc) is 2.57. The van der Waals surface area contributed by atoms with Crippen molar-refractivity contribution in [2.45, 2.75) is 57.2 Å². The normalized spacial score (nSPS) is 28.1. The van der Waals surface area contributed by atoms with Crippen LogP contribution >= 0.6 is 0 Å². The minimum Gasteiger partial charge on any atom is -0.393 e. The van der Waals surface area contributed by atoms with Gasteiger partial charge in [-0.05, 0) is 43.2 Å². The van der Waals surface area contributed by atoms with E-state index in [9.17, 15) is 9.90 Å². The van der Waals surface area contributed by atoms with Crippen LogP contribution in [0.4, 0.5) is 4.79 Å². The molecular formula is C19H28N2O3. The van der Waals surface area contributed by atoms with Gasteiger partial charge in [0.2, 0.25) is 0 Å². The molecule has 1 fully saturated rings. The summed E-state index contributed by atoms with van der Waals surface area (Å²) in [4.78, 5) is 14.7. The van der Waals surface area contributed by atoms with Crippen LogP contribution in [0, 0.1) is 0 Å². The smallest absolute Gasteiger partial charge is 0.318 e. The van der Waals surface area contributed by atoms with E-state index in [0.717, 1.165) is 12.8 Å². The molecule has 0 aromatic heterocycles. The van der Waals surface area contributed by atoms with Gasteiger partial charge in [-0.3, -0.25) is 0 Å². The number of rotatable bonds is 3. The second-order valence-electron chi connectivity index (χ2n) is 7.12. The van der Waals surface area contributed by atoms with E-state index in [1.807, 2.05) is 11.0 Å². The quantitative estimate of drug-likeness (QED) is 0.895. The summed E-state index contributed by atoms with van der Waals surface area (Å²) in [7, 11) is 0. The second kappa shape index (κ2) is 7.53. The second-order valence-corrected chi connectivity index (χ2v) is 7.12. The molecule has 4 atom stereocenters. The number of carbonyl (C=O) groups excluding carboxylic acids is 1. The van der Waals surface area contributed by atoms with Gasteiger partial charge >= 0.3 is 6.03 Å².